The molecule has 1 saturated heterocycles. The Morgan fingerprint density at radius 2 is 2.42 bits per heavy atom. The maximum absolute atomic E-state index is 11.9. The molecule has 2 unspecified atom stereocenters. The molecule has 3 N–H and O–H groups in total. The number of halogens is 1. The molecule has 2 atom stereocenters. The third kappa shape index (κ3) is 3.59. The van der Waals surface area contributed by atoms with Crippen molar-refractivity contribution in [3.05, 3.63) is 23.2 Å². The zero-order valence-electron chi connectivity index (χ0n) is 10.6. The molecule has 0 aliphatic carbocycles. The van der Waals surface area contributed by atoms with Gasteiger partial charge in [-0.2, -0.15) is 0 Å². The largest absolute Gasteiger partial charge is 0.492 e. The van der Waals surface area contributed by atoms with Crippen LogP contribution >= 0.6 is 11.6 Å². The van der Waals surface area contributed by atoms with Crippen LogP contribution in [0.4, 0.5) is 5.69 Å². The minimum absolute atomic E-state index is 0.170. The van der Waals surface area contributed by atoms with E-state index >= 15 is 0 Å². The zero-order chi connectivity index (χ0) is 13.8. The van der Waals surface area contributed by atoms with Crippen molar-refractivity contribution < 1.29 is 14.6 Å². The fourth-order valence-corrected chi connectivity index (χ4v) is 2.23. The number of β-amino-alcohol motifs (C(OH)–C–C–N with tert-alkyl or cyclic N) is 1. The Balaban J connectivity index is 1.99. The number of hydrogen-bond acceptors (Lipinski definition) is 4. The molecule has 0 radical (unpaired) electrons. The molecular formula is C13H17ClN2O3. The first-order chi connectivity index (χ1) is 9.10. The van der Waals surface area contributed by atoms with E-state index in [-0.39, 0.29) is 11.9 Å². The molecule has 0 aromatic heterocycles. The summed E-state index contributed by atoms with van der Waals surface area (Å²) in [4.78, 5) is 11.9. The van der Waals surface area contributed by atoms with Gasteiger partial charge in [-0.15, -0.1) is 0 Å². The SMILES string of the molecule is CCOc1ccc(NC(=O)C2CC(O)CN2)cc1Cl. The smallest absolute Gasteiger partial charge is 0.241 e. The van der Waals surface area contributed by atoms with Crippen molar-refractivity contribution >= 4 is 23.2 Å². The van der Waals surface area contributed by atoms with Crippen LogP contribution in [0.15, 0.2) is 18.2 Å². The molecule has 1 amide bonds. The van der Waals surface area contributed by atoms with Crippen LogP contribution in [0.25, 0.3) is 0 Å². The second-order valence-electron chi connectivity index (χ2n) is 4.42. The van der Waals surface area contributed by atoms with Crippen LogP contribution in [-0.2, 0) is 4.79 Å². The van der Waals surface area contributed by atoms with Gasteiger partial charge in [0, 0.05) is 12.2 Å². The fraction of sp³-hybridized carbons (Fsp3) is 0.462. The molecule has 0 bridgehead atoms. The van der Waals surface area contributed by atoms with Crippen LogP contribution in [0, 0.1) is 0 Å². The van der Waals surface area contributed by atoms with E-state index in [2.05, 4.69) is 10.6 Å². The Hall–Kier alpha value is -1.30. The second-order valence-corrected chi connectivity index (χ2v) is 4.83. The molecule has 1 aromatic carbocycles. The van der Waals surface area contributed by atoms with E-state index in [1.54, 1.807) is 18.2 Å². The van der Waals surface area contributed by atoms with Crippen molar-refractivity contribution in [3.63, 3.8) is 0 Å². The average molecular weight is 285 g/mol. The number of rotatable bonds is 4. The summed E-state index contributed by atoms with van der Waals surface area (Å²) in [5.41, 5.74) is 0.613. The Morgan fingerprint density at radius 3 is 3.00 bits per heavy atom. The van der Waals surface area contributed by atoms with Crippen molar-refractivity contribution in [3.8, 4) is 5.75 Å². The predicted molar refractivity (Wildman–Crippen MR) is 73.7 cm³/mol. The number of carbonyl (C=O) groups is 1. The van der Waals surface area contributed by atoms with E-state index < -0.39 is 6.10 Å². The minimum Gasteiger partial charge on any atom is -0.492 e. The maximum Gasteiger partial charge on any atom is 0.241 e. The number of amides is 1. The maximum atomic E-state index is 11.9. The average Bonchev–Trinajstić information content (AvgIpc) is 2.80. The van der Waals surface area contributed by atoms with Crippen molar-refractivity contribution in [1.29, 1.82) is 0 Å². The first kappa shape index (κ1) is 14.1. The summed E-state index contributed by atoms with van der Waals surface area (Å²) < 4.78 is 5.32. The van der Waals surface area contributed by atoms with E-state index in [1.165, 1.54) is 0 Å². The molecule has 0 saturated carbocycles. The molecule has 104 valence electrons. The summed E-state index contributed by atoms with van der Waals surface area (Å²) in [5, 5.41) is 15.5. The lowest BCUT2D eigenvalue weighted by atomic mass is 10.2. The molecule has 19 heavy (non-hydrogen) atoms. The molecule has 1 aromatic rings. The lowest BCUT2D eigenvalue weighted by molar-refractivity contribution is -0.117. The van der Waals surface area contributed by atoms with Crippen molar-refractivity contribution in [2.75, 3.05) is 18.5 Å². The van der Waals surface area contributed by atoms with Crippen LogP contribution in [0.5, 0.6) is 5.75 Å². The highest BCUT2D eigenvalue weighted by Crippen LogP contribution is 2.27. The van der Waals surface area contributed by atoms with E-state index in [0.717, 1.165) is 0 Å². The van der Waals surface area contributed by atoms with Gasteiger partial charge in [-0.05, 0) is 31.5 Å². The Kier molecular flexibility index (Phi) is 4.63. The first-order valence-corrected chi connectivity index (χ1v) is 6.62. The predicted octanol–water partition coefficient (Wildman–Crippen LogP) is 1.40. The van der Waals surface area contributed by atoms with E-state index in [4.69, 9.17) is 16.3 Å². The monoisotopic (exact) mass is 284 g/mol. The van der Waals surface area contributed by atoms with Gasteiger partial charge in [0.2, 0.25) is 5.91 Å². The summed E-state index contributed by atoms with van der Waals surface area (Å²) in [6.07, 6.45) is -0.0315. The van der Waals surface area contributed by atoms with Gasteiger partial charge in [-0.25, -0.2) is 0 Å². The van der Waals surface area contributed by atoms with Gasteiger partial charge in [-0.1, -0.05) is 11.6 Å². The number of ether oxygens (including phenoxy) is 1. The van der Waals surface area contributed by atoms with Crippen molar-refractivity contribution in [2.45, 2.75) is 25.5 Å². The standard InChI is InChI=1S/C13H17ClN2O3/c1-2-19-12-4-3-8(5-10(12)14)16-13(18)11-6-9(17)7-15-11/h3-5,9,11,15,17H,2,6-7H2,1H3,(H,16,18). The molecular weight excluding hydrogens is 268 g/mol. The highest BCUT2D eigenvalue weighted by Gasteiger charge is 2.28. The number of aliphatic hydroxyl groups is 1. The molecule has 1 aliphatic rings. The lowest BCUT2D eigenvalue weighted by Crippen LogP contribution is -2.35. The highest BCUT2D eigenvalue weighted by molar-refractivity contribution is 6.32. The molecule has 1 aliphatic heterocycles. The number of aliphatic hydroxyl groups excluding tert-OH is 1. The van der Waals surface area contributed by atoms with E-state index in [0.29, 0.717) is 36.0 Å². The fourth-order valence-electron chi connectivity index (χ4n) is 2.00. The topological polar surface area (TPSA) is 70.6 Å². The van der Waals surface area contributed by atoms with Crippen molar-refractivity contribution in [2.24, 2.45) is 0 Å². The van der Waals surface area contributed by atoms with Gasteiger partial charge in [0.15, 0.2) is 0 Å². The van der Waals surface area contributed by atoms with Crippen LogP contribution in [0.2, 0.25) is 5.02 Å². The Morgan fingerprint density at radius 1 is 1.63 bits per heavy atom. The number of benzene rings is 1. The van der Waals surface area contributed by atoms with Crippen LogP contribution in [-0.4, -0.2) is 36.3 Å². The Bertz CT molecular complexity index is 467. The van der Waals surface area contributed by atoms with Gasteiger partial charge in [0.25, 0.3) is 0 Å². The van der Waals surface area contributed by atoms with Gasteiger partial charge >= 0.3 is 0 Å². The van der Waals surface area contributed by atoms with Crippen LogP contribution in [0.1, 0.15) is 13.3 Å². The van der Waals surface area contributed by atoms with Crippen molar-refractivity contribution in [1.82, 2.24) is 5.32 Å². The molecule has 6 heteroatoms. The number of nitrogens with one attached hydrogen (secondary N) is 2. The number of anilines is 1. The van der Waals surface area contributed by atoms with Gasteiger partial charge in [-0.3, -0.25) is 4.79 Å². The number of carbonyl (C=O) groups excluding carboxylic acids is 1. The number of hydrogen-bond donors (Lipinski definition) is 3. The van der Waals surface area contributed by atoms with E-state index in [1.807, 2.05) is 6.92 Å². The summed E-state index contributed by atoms with van der Waals surface area (Å²) in [6.45, 7) is 2.86. The minimum atomic E-state index is -0.459. The molecule has 0 spiro atoms. The molecule has 2 rings (SSSR count). The third-order valence-corrected chi connectivity index (χ3v) is 3.22. The van der Waals surface area contributed by atoms with Gasteiger partial charge in [0.05, 0.1) is 23.8 Å². The van der Waals surface area contributed by atoms with Gasteiger partial charge < -0.3 is 20.5 Å². The normalized spacial score (nSPS) is 22.3. The quantitative estimate of drug-likeness (QED) is 0.782. The summed E-state index contributed by atoms with van der Waals surface area (Å²) >= 11 is 6.04. The summed E-state index contributed by atoms with van der Waals surface area (Å²) in [6, 6.07) is 4.74. The van der Waals surface area contributed by atoms with Gasteiger partial charge in [0.1, 0.15) is 5.75 Å². The first-order valence-electron chi connectivity index (χ1n) is 6.24. The second kappa shape index (κ2) is 6.23. The molecule has 5 nitrogen and oxygen atoms in total. The van der Waals surface area contributed by atoms with E-state index in [9.17, 15) is 9.90 Å². The third-order valence-electron chi connectivity index (χ3n) is 2.92. The highest BCUT2D eigenvalue weighted by atomic mass is 35.5. The summed E-state index contributed by atoms with van der Waals surface area (Å²) in [7, 11) is 0. The van der Waals surface area contributed by atoms with Crippen LogP contribution in [0.3, 0.4) is 0 Å². The lowest BCUT2D eigenvalue weighted by Gasteiger charge is -2.12. The zero-order valence-corrected chi connectivity index (χ0v) is 11.4. The molecule has 1 fully saturated rings. The Labute approximate surface area is 116 Å². The molecule has 1 heterocycles. The van der Waals surface area contributed by atoms with Crippen LogP contribution < -0.4 is 15.4 Å². The summed E-state index contributed by atoms with van der Waals surface area (Å²) in [5.74, 6) is 0.424.